The Bertz CT molecular complexity index is 369. The number of hydrogen-bond donors (Lipinski definition) is 0. The van der Waals surface area contributed by atoms with Gasteiger partial charge in [0.25, 0.3) is 0 Å². The average molecular weight is 220 g/mol. The monoisotopic (exact) mass is 220 g/mol. The molecule has 0 unspecified atom stereocenters. The van der Waals surface area contributed by atoms with Crippen LogP contribution >= 0.6 is 0 Å². The van der Waals surface area contributed by atoms with Crippen molar-refractivity contribution in [2.24, 2.45) is 0 Å². The molecular weight excluding hydrogens is 200 g/mol. The van der Waals surface area contributed by atoms with Crippen molar-refractivity contribution in [1.29, 1.82) is 0 Å². The molecule has 0 bridgehead atoms. The standard InChI is InChI=1S/C14H20O2/c1-6-13(15)14-10(4)7-12(8-11(14)5)16-9(2)3/h7-9H,6H2,1-5H3. The third-order valence-corrected chi connectivity index (χ3v) is 2.48. The molecule has 0 aliphatic carbocycles. The number of ketones is 1. The molecule has 0 atom stereocenters. The van der Waals surface area contributed by atoms with Crippen LogP contribution in [-0.4, -0.2) is 11.9 Å². The first-order valence-electron chi connectivity index (χ1n) is 5.76. The number of benzene rings is 1. The van der Waals surface area contributed by atoms with Gasteiger partial charge >= 0.3 is 0 Å². The van der Waals surface area contributed by atoms with E-state index in [1.54, 1.807) is 0 Å². The van der Waals surface area contributed by atoms with Crippen molar-refractivity contribution >= 4 is 5.78 Å². The van der Waals surface area contributed by atoms with Crippen LogP contribution in [0.15, 0.2) is 12.1 Å². The molecule has 0 fully saturated rings. The van der Waals surface area contributed by atoms with Crippen LogP contribution in [0.5, 0.6) is 5.75 Å². The van der Waals surface area contributed by atoms with E-state index in [1.807, 2.05) is 46.8 Å². The molecule has 0 aromatic heterocycles. The summed E-state index contributed by atoms with van der Waals surface area (Å²) in [4.78, 5) is 11.7. The van der Waals surface area contributed by atoms with Gasteiger partial charge in [-0.15, -0.1) is 0 Å². The minimum atomic E-state index is 0.159. The zero-order valence-electron chi connectivity index (χ0n) is 10.8. The maximum absolute atomic E-state index is 11.7. The molecular formula is C14H20O2. The summed E-state index contributed by atoms with van der Waals surface area (Å²) in [6.07, 6.45) is 0.707. The molecule has 0 saturated heterocycles. The van der Waals surface area contributed by atoms with E-state index in [0.717, 1.165) is 22.4 Å². The van der Waals surface area contributed by atoms with Crippen LogP contribution in [0.2, 0.25) is 0 Å². The molecule has 0 amide bonds. The van der Waals surface area contributed by atoms with Crippen molar-refractivity contribution in [3.05, 3.63) is 28.8 Å². The highest BCUT2D eigenvalue weighted by atomic mass is 16.5. The third-order valence-electron chi connectivity index (χ3n) is 2.48. The van der Waals surface area contributed by atoms with Crippen LogP contribution in [0.25, 0.3) is 0 Å². The highest BCUT2D eigenvalue weighted by Gasteiger charge is 2.12. The van der Waals surface area contributed by atoms with Crippen LogP contribution in [-0.2, 0) is 0 Å². The lowest BCUT2D eigenvalue weighted by atomic mass is 9.97. The van der Waals surface area contributed by atoms with E-state index in [0.29, 0.717) is 6.42 Å². The Morgan fingerprint density at radius 3 is 2.12 bits per heavy atom. The number of aryl methyl sites for hydroxylation is 2. The fourth-order valence-corrected chi connectivity index (χ4v) is 1.88. The molecule has 0 aliphatic rings. The molecule has 0 spiro atoms. The molecule has 1 rings (SSSR count). The van der Waals surface area contributed by atoms with Gasteiger partial charge in [-0.25, -0.2) is 0 Å². The first-order chi connectivity index (χ1) is 7.45. The zero-order chi connectivity index (χ0) is 12.3. The van der Waals surface area contributed by atoms with Crippen molar-refractivity contribution in [3.8, 4) is 5.75 Å². The van der Waals surface area contributed by atoms with Crippen LogP contribution in [0.3, 0.4) is 0 Å². The van der Waals surface area contributed by atoms with E-state index in [4.69, 9.17) is 4.74 Å². The van der Waals surface area contributed by atoms with E-state index >= 15 is 0 Å². The molecule has 88 valence electrons. The van der Waals surface area contributed by atoms with Gasteiger partial charge in [-0.1, -0.05) is 6.92 Å². The summed E-state index contributed by atoms with van der Waals surface area (Å²) in [5.74, 6) is 1.05. The first kappa shape index (κ1) is 12.8. The molecule has 16 heavy (non-hydrogen) atoms. The van der Waals surface area contributed by atoms with Gasteiger partial charge in [0.15, 0.2) is 5.78 Å². The topological polar surface area (TPSA) is 26.3 Å². The highest BCUT2D eigenvalue weighted by molar-refractivity contribution is 5.98. The van der Waals surface area contributed by atoms with E-state index in [2.05, 4.69) is 0 Å². The largest absolute Gasteiger partial charge is 0.491 e. The smallest absolute Gasteiger partial charge is 0.163 e. The Labute approximate surface area is 97.6 Å². The molecule has 0 heterocycles. The van der Waals surface area contributed by atoms with Crippen LogP contribution in [0, 0.1) is 13.8 Å². The predicted molar refractivity (Wildman–Crippen MR) is 66.3 cm³/mol. The van der Waals surface area contributed by atoms with Crippen molar-refractivity contribution in [2.45, 2.75) is 47.1 Å². The van der Waals surface area contributed by atoms with Gasteiger partial charge in [0.05, 0.1) is 6.10 Å². The lowest BCUT2D eigenvalue weighted by Gasteiger charge is -2.14. The predicted octanol–water partition coefficient (Wildman–Crippen LogP) is 3.68. The molecule has 0 aliphatic heterocycles. The van der Waals surface area contributed by atoms with Crippen molar-refractivity contribution in [2.75, 3.05) is 0 Å². The lowest BCUT2D eigenvalue weighted by molar-refractivity contribution is 0.0987. The molecule has 0 saturated carbocycles. The number of carbonyl (C=O) groups excluding carboxylic acids is 1. The normalized spacial score (nSPS) is 10.6. The Kier molecular flexibility index (Phi) is 4.11. The van der Waals surface area contributed by atoms with Gasteiger partial charge in [-0.2, -0.15) is 0 Å². The second-order valence-electron chi connectivity index (χ2n) is 4.38. The SMILES string of the molecule is CCC(=O)c1c(C)cc(OC(C)C)cc1C. The van der Waals surface area contributed by atoms with Crippen molar-refractivity contribution in [1.82, 2.24) is 0 Å². The summed E-state index contributed by atoms with van der Waals surface area (Å²) in [5, 5.41) is 0. The number of carbonyl (C=O) groups is 1. The third kappa shape index (κ3) is 2.84. The summed E-state index contributed by atoms with van der Waals surface area (Å²) in [6, 6.07) is 3.88. The molecule has 1 aromatic rings. The fourth-order valence-electron chi connectivity index (χ4n) is 1.88. The summed E-state index contributed by atoms with van der Waals surface area (Å²) < 4.78 is 5.63. The molecule has 1 aromatic carbocycles. The van der Waals surface area contributed by atoms with Crippen LogP contribution in [0.4, 0.5) is 0 Å². The highest BCUT2D eigenvalue weighted by Crippen LogP contribution is 2.23. The molecule has 0 N–H and O–H groups in total. The lowest BCUT2D eigenvalue weighted by Crippen LogP contribution is -2.08. The fraction of sp³-hybridized carbons (Fsp3) is 0.500. The van der Waals surface area contributed by atoms with E-state index < -0.39 is 0 Å². The second kappa shape index (κ2) is 5.15. The van der Waals surface area contributed by atoms with Gasteiger partial charge in [-0.05, 0) is 51.0 Å². The Morgan fingerprint density at radius 1 is 1.25 bits per heavy atom. The van der Waals surface area contributed by atoms with Crippen molar-refractivity contribution < 1.29 is 9.53 Å². The molecule has 0 radical (unpaired) electrons. The number of Topliss-reactive ketones (excluding diaryl/α,β-unsaturated/α-hetero) is 1. The zero-order valence-corrected chi connectivity index (χ0v) is 10.8. The Hall–Kier alpha value is -1.31. The summed E-state index contributed by atoms with van der Waals surface area (Å²) in [5.41, 5.74) is 2.85. The van der Waals surface area contributed by atoms with Gasteiger partial charge in [0, 0.05) is 12.0 Å². The molecule has 2 heteroatoms. The maximum atomic E-state index is 11.7. The summed E-state index contributed by atoms with van der Waals surface area (Å²) >= 11 is 0. The van der Waals surface area contributed by atoms with Gasteiger partial charge in [0.2, 0.25) is 0 Å². The van der Waals surface area contributed by atoms with Crippen molar-refractivity contribution in [3.63, 3.8) is 0 Å². The van der Waals surface area contributed by atoms with E-state index in [9.17, 15) is 4.79 Å². The van der Waals surface area contributed by atoms with Gasteiger partial charge < -0.3 is 4.74 Å². The number of ether oxygens (including phenoxy) is 1. The van der Waals surface area contributed by atoms with E-state index in [1.165, 1.54) is 0 Å². The van der Waals surface area contributed by atoms with Gasteiger partial charge in [-0.3, -0.25) is 4.79 Å². The summed E-state index contributed by atoms with van der Waals surface area (Å²) in [7, 11) is 0. The average Bonchev–Trinajstić information content (AvgIpc) is 2.15. The Balaban J connectivity index is 3.12. The second-order valence-corrected chi connectivity index (χ2v) is 4.38. The van der Waals surface area contributed by atoms with Crippen LogP contribution < -0.4 is 4.74 Å². The van der Waals surface area contributed by atoms with E-state index in [-0.39, 0.29) is 11.9 Å². The minimum Gasteiger partial charge on any atom is -0.491 e. The number of rotatable bonds is 4. The quantitative estimate of drug-likeness (QED) is 0.723. The van der Waals surface area contributed by atoms with Gasteiger partial charge in [0.1, 0.15) is 5.75 Å². The number of hydrogen-bond acceptors (Lipinski definition) is 2. The first-order valence-corrected chi connectivity index (χ1v) is 5.76. The maximum Gasteiger partial charge on any atom is 0.163 e. The summed E-state index contributed by atoms with van der Waals surface area (Å²) in [6.45, 7) is 9.80. The van der Waals surface area contributed by atoms with Crippen LogP contribution in [0.1, 0.15) is 48.7 Å². The Morgan fingerprint density at radius 2 is 1.75 bits per heavy atom. The minimum absolute atomic E-state index is 0.159. The molecule has 2 nitrogen and oxygen atoms in total.